The molecule has 0 aliphatic carbocycles. The lowest BCUT2D eigenvalue weighted by atomic mass is 10.2. The van der Waals surface area contributed by atoms with Crippen molar-refractivity contribution >= 4 is 41.3 Å². The van der Waals surface area contributed by atoms with Crippen molar-refractivity contribution in [1.82, 2.24) is 9.80 Å². The Morgan fingerprint density at radius 3 is 2.57 bits per heavy atom. The third kappa shape index (κ3) is 3.90. The molecule has 1 unspecified atom stereocenters. The molecule has 0 radical (unpaired) electrons. The summed E-state index contributed by atoms with van der Waals surface area (Å²) in [7, 11) is 0. The van der Waals surface area contributed by atoms with Gasteiger partial charge in [0.2, 0.25) is 11.8 Å². The highest BCUT2D eigenvalue weighted by molar-refractivity contribution is 7.99. The third-order valence-electron chi connectivity index (χ3n) is 4.16. The maximum atomic E-state index is 12.6. The summed E-state index contributed by atoms with van der Waals surface area (Å²) in [6.07, 6.45) is 5.43. The monoisotopic (exact) mass is 350 g/mol. The Morgan fingerprint density at radius 2 is 1.87 bits per heavy atom. The molecular formula is C17H19ClN2O2S. The van der Waals surface area contributed by atoms with Gasteiger partial charge in [0.25, 0.3) is 0 Å². The van der Waals surface area contributed by atoms with Crippen molar-refractivity contribution < 1.29 is 9.59 Å². The predicted molar refractivity (Wildman–Crippen MR) is 94.3 cm³/mol. The number of carbonyl (C=O) groups is 2. The van der Waals surface area contributed by atoms with Gasteiger partial charge in [0.15, 0.2) is 0 Å². The Kier molecular flexibility index (Phi) is 5.28. The molecule has 1 aromatic carbocycles. The number of thioether (sulfide) groups is 1. The van der Waals surface area contributed by atoms with E-state index in [9.17, 15) is 9.59 Å². The number of hydrogen-bond donors (Lipinski definition) is 0. The molecule has 2 amide bonds. The highest BCUT2D eigenvalue weighted by Crippen LogP contribution is 2.24. The van der Waals surface area contributed by atoms with Crippen molar-refractivity contribution in [2.24, 2.45) is 0 Å². The standard InChI is InChI=1S/C17H19ClN2O2S/c18-14-6-3-13(4-7-14)5-8-16(21)20-12-23-11-15(20)17(22)19-9-1-2-10-19/h3-8,15H,1-2,9-12H2/b8-5+. The van der Waals surface area contributed by atoms with E-state index in [0.717, 1.165) is 31.5 Å². The molecule has 0 bridgehead atoms. The van der Waals surface area contributed by atoms with E-state index in [1.54, 1.807) is 40.9 Å². The van der Waals surface area contributed by atoms with Gasteiger partial charge in [-0.3, -0.25) is 9.59 Å². The Labute approximate surface area is 145 Å². The first-order valence-electron chi connectivity index (χ1n) is 7.76. The van der Waals surface area contributed by atoms with Crippen LogP contribution in [0.15, 0.2) is 30.3 Å². The molecule has 1 atom stereocenters. The van der Waals surface area contributed by atoms with E-state index in [2.05, 4.69) is 0 Å². The normalized spacial score (nSPS) is 21.3. The molecule has 6 heteroatoms. The topological polar surface area (TPSA) is 40.6 Å². The number of hydrogen-bond acceptors (Lipinski definition) is 3. The lowest BCUT2D eigenvalue weighted by molar-refractivity contribution is -0.140. The van der Waals surface area contributed by atoms with Gasteiger partial charge in [-0.1, -0.05) is 23.7 Å². The molecule has 122 valence electrons. The zero-order chi connectivity index (χ0) is 16.2. The summed E-state index contributed by atoms with van der Waals surface area (Å²) < 4.78 is 0. The number of likely N-dealkylation sites (tertiary alicyclic amines) is 1. The van der Waals surface area contributed by atoms with Gasteiger partial charge in [0, 0.05) is 29.9 Å². The quantitative estimate of drug-likeness (QED) is 0.787. The number of nitrogens with zero attached hydrogens (tertiary/aromatic N) is 2. The molecule has 1 aromatic rings. The van der Waals surface area contributed by atoms with Gasteiger partial charge in [-0.15, -0.1) is 11.8 Å². The molecule has 4 nitrogen and oxygen atoms in total. The van der Waals surface area contributed by atoms with Gasteiger partial charge < -0.3 is 9.80 Å². The minimum atomic E-state index is -0.319. The Hall–Kier alpha value is -1.46. The van der Waals surface area contributed by atoms with Crippen LogP contribution >= 0.6 is 23.4 Å². The van der Waals surface area contributed by atoms with Crippen molar-refractivity contribution in [1.29, 1.82) is 0 Å². The molecule has 0 aromatic heterocycles. The molecule has 2 fully saturated rings. The van der Waals surface area contributed by atoms with Gasteiger partial charge in [0.1, 0.15) is 6.04 Å². The molecule has 3 rings (SSSR count). The first-order valence-corrected chi connectivity index (χ1v) is 9.29. The molecule has 0 saturated carbocycles. The van der Waals surface area contributed by atoms with Gasteiger partial charge >= 0.3 is 0 Å². The number of halogens is 1. The zero-order valence-electron chi connectivity index (χ0n) is 12.8. The van der Waals surface area contributed by atoms with Crippen molar-refractivity contribution in [3.8, 4) is 0 Å². The second-order valence-electron chi connectivity index (χ2n) is 5.74. The average Bonchev–Trinajstić information content (AvgIpc) is 3.24. The second kappa shape index (κ2) is 7.41. The molecule has 2 saturated heterocycles. The van der Waals surface area contributed by atoms with Crippen LogP contribution in [0.5, 0.6) is 0 Å². The van der Waals surface area contributed by atoms with Gasteiger partial charge in [-0.2, -0.15) is 0 Å². The summed E-state index contributed by atoms with van der Waals surface area (Å²) in [5.41, 5.74) is 0.914. The molecule has 0 spiro atoms. The van der Waals surface area contributed by atoms with Crippen LogP contribution in [0, 0.1) is 0 Å². The Morgan fingerprint density at radius 1 is 1.17 bits per heavy atom. The summed E-state index contributed by atoms with van der Waals surface area (Å²) in [5, 5.41) is 0.667. The van der Waals surface area contributed by atoms with Crippen LogP contribution in [0.1, 0.15) is 18.4 Å². The van der Waals surface area contributed by atoms with Crippen LogP contribution in [0.3, 0.4) is 0 Å². The van der Waals surface area contributed by atoms with Crippen LogP contribution in [-0.2, 0) is 9.59 Å². The zero-order valence-corrected chi connectivity index (χ0v) is 14.4. The van der Waals surface area contributed by atoms with E-state index in [-0.39, 0.29) is 17.9 Å². The maximum Gasteiger partial charge on any atom is 0.247 e. The summed E-state index contributed by atoms with van der Waals surface area (Å²) in [5.74, 6) is 1.26. The van der Waals surface area contributed by atoms with Crippen molar-refractivity contribution in [2.45, 2.75) is 18.9 Å². The average molecular weight is 351 g/mol. The summed E-state index contributed by atoms with van der Waals surface area (Å²) in [6.45, 7) is 1.64. The smallest absolute Gasteiger partial charge is 0.247 e. The molecule has 2 aliphatic rings. The van der Waals surface area contributed by atoms with Gasteiger partial charge in [-0.25, -0.2) is 0 Å². The Bertz CT molecular complexity index is 612. The second-order valence-corrected chi connectivity index (χ2v) is 7.18. The van der Waals surface area contributed by atoms with Crippen molar-refractivity contribution in [3.63, 3.8) is 0 Å². The highest BCUT2D eigenvalue weighted by Gasteiger charge is 2.36. The summed E-state index contributed by atoms with van der Waals surface area (Å²) in [6, 6.07) is 6.98. The fourth-order valence-corrected chi connectivity index (χ4v) is 4.13. The van der Waals surface area contributed by atoms with E-state index < -0.39 is 0 Å². The summed E-state index contributed by atoms with van der Waals surface area (Å²) in [4.78, 5) is 28.6. The lowest BCUT2D eigenvalue weighted by Crippen LogP contribution is -2.47. The third-order valence-corrected chi connectivity index (χ3v) is 5.42. The van der Waals surface area contributed by atoms with Gasteiger partial charge in [-0.05, 0) is 36.6 Å². The molecule has 23 heavy (non-hydrogen) atoms. The highest BCUT2D eigenvalue weighted by atomic mass is 35.5. The van der Waals surface area contributed by atoms with Crippen molar-refractivity contribution in [3.05, 3.63) is 40.9 Å². The lowest BCUT2D eigenvalue weighted by Gasteiger charge is -2.26. The van der Waals surface area contributed by atoms with E-state index in [1.165, 1.54) is 0 Å². The van der Waals surface area contributed by atoms with E-state index >= 15 is 0 Å². The summed E-state index contributed by atoms with van der Waals surface area (Å²) >= 11 is 7.49. The van der Waals surface area contributed by atoms with E-state index in [0.29, 0.717) is 16.7 Å². The minimum Gasteiger partial charge on any atom is -0.341 e. The first-order chi connectivity index (χ1) is 11.1. The van der Waals surface area contributed by atoms with Crippen molar-refractivity contribution in [2.75, 3.05) is 24.7 Å². The number of carbonyl (C=O) groups excluding carboxylic acids is 2. The molecule has 2 aliphatic heterocycles. The number of rotatable bonds is 3. The fourth-order valence-electron chi connectivity index (χ4n) is 2.85. The van der Waals surface area contributed by atoms with E-state index in [4.69, 9.17) is 11.6 Å². The molecule has 0 N–H and O–H groups in total. The minimum absolute atomic E-state index is 0.0979. The molecule has 2 heterocycles. The van der Waals surface area contributed by atoms with Crippen LogP contribution < -0.4 is 0 Å². The first kappa shape index (κ1) is 16.4. The van der Waals surface area contributed by atoms with Gasteiger partial charge in [0.05, 0.1) is 5.88 Å². The largest absolute Gasteiger partial charge is 0.341 e. The SMILES string of the molecule is O=C(C1CSCN1C(=O)/C=C/c1ccc(Cl)cc1)N1CCCC1. The van der Waals surface area contributed by atoms with Crippen LogP contribution in [0.25, 0.3) is 6.08 Å². The van der Waals surface area contributed by atoms with Crippen LogP contribution in [0.2, 0.25) is 5.02 Å². The fraction of sp³-hybridized carbons (Fsp3) is 0.412. The van der Waals surface area contributed by atoms with Crippen LogP contribution in [0.4, 0.5) is 0 Å². The van der Waals surface area contributed by atoms with E-state index in [1.807, 2.05) is 17.0 Å². The maximum absolute atomic E-state index is 12.6. The molecular weight excluding hydrogens is 332 g/mol. The number of amides is 2. The Balaban J connectivity index is 1.65. The van der Waals surface area contributed by atoms with Crippen LogP contribution in [-0.4, -0.2) is 52.4 Å². The predicted octanol–water partition coefficient (Wildman–Crippen LogP) is 2.88. The number of benzene rings is 1.